The van der Waals surface area contributed by atoms with Gasteiger partial charge in [-0.2, -0.15) is 5.06 Å². The van der Waals surface area contributed by atoms with Gasteiger partial charge in [-0.15, -0.1) is 0 Å². The smallest absolute Gasteiger partial charge is 0.123 e. The van der Waals surface area contributed by atoms with Crippen LogP contribution >= 0.6 is 0 Å². The van der Waals surface area contributed by atoms with Gasteiger partial charge >= 0.3 is 0 Å². The highest BCUT2D eigenvalue weighted by molar-refractivity contribution is 5.27. The summed E-state index contributed by atoms with van der Waals surface area (Å²) in [6.45, 7) is 9.02. The van der Waals surface area contributed by atoms with Gasteiger partial charge in [0.15, 0.2) is 0 Å². The summed E-state index contributed by atoms with van der Waals surface area (Å²) in [7, 11) is 2.06. The van der Waals surface area contributed by atoms with Crippen LogP contribution in [0, 0.1) is 17.7 Å². The van der Waals surface area contributed by atoms with Crippen LogP contribution in [0.2, 0.25) is 0 Å². The van der Waals surface area contributed by atoms with Gasteiger partial charge in [-0.1, -0.05) is 26.0 Å². The van der Waals surface area contributed by atoms with E-state index in [9.17, 15) is 4.39 Å². The van der Waals surface area contributed by atoms with Gasteiger partial charge in [0, 0.05) is 19.0 Å². The molecule has 4 atom stereocenters. The summed E-state index contributed by atoms with van der Waals surface area (Å²) in [5, 5.41) is 2.07. The van der Waals surface area contributed by atoms with Crippen molar-refractivity contribution in [3.63, 3.8) is 0 Å². The summed E-state index contributed by atoms with van der Waals surface area (Å²) in [5.41, 5.74) is 1.22. The third-order valence-electron chi connectivity index (χ3n) is 5.67. The number of rotatable bonds is 1. The zero-order chi connectivity index (χ0) is 15.4. The fourth-order valence-corrected chi connectivity index (χ4v) is 4.77. The SMILES string of the molecule is C[C@H]1C[C@@](C)(c2ccc(F)cc2)C[C@H]2[C@H]1N(C)OC2(C)C. The zero-order valence-electron chi connectivity index (χ0n) is 13.7. The number of hydrogen-bond acceptors (Lipinski definition) is 2. The molecule has 21 heavy (non-hydrogen) atoms. The Kier molecular flexibility index (Phi) is 3.42. The van der Waals surface area contributed by atoms with Gasteiger partial charge in [0.25, 0.3) is 0 Å². The van der Waals surface area contributed by atoms with Crippen LogP contribution in [-0.4, -0.2) is 23.8 Å². The molecule has 1 saturated heterocycles. The van der Waals surface area contributed by atoms with E-state index in [0.29, 0.717) is 17.9 Å². The van der Waals surface area contributed by atoms with Crippen LogP contribution in [0.15, 0.2) is 24.3 Å². The van der Waals surface area contributed by atoms with Crippen molar-refractivity contribution in [2.75, 3.05) is 7.05 Å². The molecule has 2 fully saturated rings. The molecule has 2 nitrogen and oxygen atoms in total. The first-order chi connectivity index (χ1) is 9.73. The van der Waals surface area contributed by atoms with E-state index >= 15 is 0 Å². The Balaban J connectivity index is 1.94. The van der Waals surface area contributed by atoms with Gasteiger partial charge in [0.1, 0.15) is 5.82 Å². The van der Waals surface area contributed by atoms with Crippen LogP contribution in [0.25, 0.3) is 0 Å². The molecule has 1 aromatic rings. The van der Waals surface area contributed by atoms with Crippen LogP contribution in [0.3, 0.4) is 0 Å². The van der Waals surface area contributed by atoms with E-state index in [1.807, 2.05) is 12.1 Å². The van der Waals surface area contributed by atoms with E-state index < -0.39 is 0 Å². The largest absolute Gasteiger partial charge is 0.293 e. The fourth-order valence-electron chi connectivity index (χ4n) is 4.77. The zero-order valence-corrected chi connectivity index (χ0v) is 13.7. The Labute approximate surface area is 127 Å². The van der Waals surface area contributed by atoms with Gasteiger partial charge in [-0.3, -0.25) is 4.84 Å². The third-order valence-corrected chi connectivity index (χ3v) is 5.67. The molecule has 0 unspecified atom stereocenters. The lowest BCUT2D eigenvalue weighted by Gasteiger charge is -2.46. The molecule has 3 heteroatoms. The molecular formula is C18H26FNO. The normalized spacial score (nSPS) is 39.2. The van der Waals surface area contributed by atoms with E-state index in [2.05, 4.69) is 39.8 Å². The van der Waals surface area contributed by atoms with Gasteiger partial charge in [0.05, 0.1) is 5.60 Å². The predicted octanol–water partition coefficient (Wildman–Crippen LogP) is 4.15. The molecule has 0 N–H and O–H groups in total. The van der Waals surface area contributed by atoms with Gasteiger partial charge < -0.3 is 0 Å². The van der Waals surface area contributed by atoms with Gasteiger partial charge in [-0.25, -0.2) is 4.39 Å². The monoisotopic (exact) mass is 291 g/mol. The molecule has 0 bridgehead atoms. The lowest BCUT2D eigenvalue weighted by atomic mass is 9.59. The number of halogens is 1. The summed E-state index contributed by atoms with van der Waals surface area (Å²) in [4.78, 5) is 6.09. The van der Waals surface area contributed by atoms with E-state index in [0.717, 1.165) is 12.8 Å². The second-order valence-corrected chi connectivity index (χ2v) is 7.79. The second kappa shape index (κ2) is 4.79. The first-order valence-electron chi connectivity index (χ1n) is 7.91. The Bertz CT molecular complexity index is 527. The molecule has 1 aliphatic heterocycles. The maximum Gasteiger partial charge on any atom is 0.123 e. The van der Waals surface area contributed by atoms with Crippen molar-refractivity contribution in [2.45, 2.75) is 57.6 Å². The lowest BCUT2D eigenvalue weighted by molar-refractivity contribution is -0.182. The Morgan fingerprint density at radius 2 is 1.76 bits per heavy atom. The van der Waals surface area contributed by atoms with E-state index in [1.165, 1.54) is 5.56 Å². The number of nitrogens with zero attached hydrogens (tertiary/aromatic N) is 1. The number of hydrogen-bond donors (Lipinski definition) is 0. The second-order valence-electron chi connectivity index (χ2n) is 7.79. The molecule has 1 saturated carbocycles. The summed E-state index contributed by atoms with van der Waals surface area (Å²) >= 11 is 0. The topological polar surface area (TPSA) is 12.5 Å². The highest BCUT2D eigenvalue weighted by Crippen LogP contribution is 2.52. The van der Waals surface area contributed by atoms with Crippen molar-refractivity contribution in [1.82, 2.24) is 5.06 Å². The van der Waals surface area contributed by atoms with Crippen LogP contribution in [-0.2, 0) is 10.3 Å². The molecule has 0 aromatic heterocycles. The number of benzene rings is 1. The summed E-state index contributed by atoms with van der Waals surface area (Å²) in [6.07, 6.45) is 2.20. The highest BCUT2D eigenvalue weighted by Gasteiger charge is 2.55. The molecule has 116 valence electrons. The minimum absolute atomic E-state index is 0.0973. The molecule has 3 rings (SSSR count). The maximum absolute atomic E-state index is 13.2. The van der Waals surface area contributed by atoms with Crippen molar-refractivity contribution in [3.05, 3.63) is 35.6 Å². The van der Waals surface area contributed by atoms with E-state index in [1.54, 1.807) is 12.1 Å². The molecule has 2 aliphatic rings. The van der Waals surface area contributed by atoms with Gasteiger partial charge in [0.2, 0.25) is 0 Å². The lowest BCUT2D eigenvalue weighted by Crippen LogP contribution is -2.48. The number of hydroxylamine groups is 2. The molecule has 1 aromatic carbocycles. The summed E-state index contributed by atoms with van der Waals surface area (Å²) in [6, 6.07) is 7.55. The quantitative estimate of drug-likeness (QED) is 0.770. The standard InChI is InChI=1S/C18H26FNO/c1-12-10-18(4,13-6-8-14(19)9-7-13)11-15-16(12)20(5)21-17(15,2)3/h6-9,12,15-16H,10-11H2,1-5H3/t12-,15-,16-,18+/m0/s1. The Morgan fingerprint density at radius 3 is 2.38 bits per heavy atom. The number of fused-ring (bicyclic) bond motifs is 1. The van der Waals surface area contributed by atoms with Crippen molar-refractivity contribution in [2.24, 2.45) is 11.8 Å². The highest BCUT2D eigenvalue weighted by atomic mass is 19.1. The van der Waals surface area contributed by atoms with Gasteiger partial charge in [-0.05, 0) is 55.7 Å². The molecule has 0 spiro atoms. The van der Waals surface area contributed by atoms with Crippen molar-refractivity contribution in [3.8, 4) is 0 Å². The van der Waals surface area contributed by atoms with Crippen molar-refractivity contribution in [1.29, 1.82) is 0 Å². The van der Waals surface area contributed by atoms with E-state index in [4.69, 9.17) is 4.84 Å². The van der Waals surface area contributed by atoms with Crippen LogP contribution in [0.1, 0.15) is 46.1 Å². The van der Waals surface area contributed by atoms with Crippen molar-refractivity contribution < 1.29 is 9.23 Å². The maximum atomic E-state index is 13.2. The van der Waals surface area contributed by atoms with E-state index in [-0.39, 0.29) is 16.8 Å². The molecule has 0 amide bonds. The predicted molar refractivity (Wildman–Crippen MR) is 82.4 cm³/mol. The summed E-state index contributed by atoms with van der Waals surface area (Å²) in [5.74, 6) is 0.903. The average molecular weight is 291 g/mol. The van der Waals surface area contributed by atoms with Crippen LogP contribution < -0.4 is 0 Å². The first-order valence-corrected chi connectivity index (χ1v) is 7.91. The molecule has 0 radical (unpaired) electrons. The Hall–Kier alpha value is -0.930. The van der Waals surface area contributed by atoms with Crippen LogP contribution in [0.4, 0.5) is 4.39 Å². The third kappa shape index (κ3) is 2.40. The fraction of sp³-hybridized carbons (Fsp3) is 0.667. The van der Waals surface area contributed by atoms with Crippen molar-refractivity contribution >= 4 is 0 Å². The molecule has 1 heterocycles. The minimum Gasteiger partial charge on any atom is -0.293 e. The minimum atomic E-state index is -0.159. The average Bonchev–Trinajstić information content (AvgIpc) is 2.59. The Morgan fingerprint density at radius 1 is 1.14 bits per heavy atom. The van der Waals surface area contributed by atoms with Crippen LogP contribution in [0.5, 0.6) is 0 Å². The molecular weight excluding hydrogens is 265 g/mol. The molecule has 1 aliphatic carbocycles. The first kappa shape index (κ1) is 15.0. The summed E-state index contributed by atoms with van der Waals surface area (Å²) < 4.78 is 13.2.